The Hall–Kier alpha value is -2.88. The molecule has 0 aliphatic rings. The maximum atomic E-state index is 12.0. The molecule has 1 amide bonds. The van der Waals surface area contributed by atoms with Gasteiger partial charge in [-0.15, -0.1) is 0 Å². The van der Waals surface area contributed by atoms with Crippen molar-refractivity contribution in [1.82, 2.24) is 4.98 Å². The Morgan fingerprint density at radius 2 is 1.86 bits per heavy atom. The van der Waals surface area contributed by atoms with Crippen molar-refractivity contribution in [3.05, 3.63) is 66.4 Å². The number of carbonyl (C=O) groups excluding carboxylic acids is 1. The topological polar surface area (TPSA) is 51.2 Å². The van der Waals surface area contributed by atoms with Crippen LogP contribution >= 0.6 is 0 Å². The number of rotatable bonds is 4. The number of hydrogen-bond acceptors (Lipinski definition) is 3. The second-order valence-electron chi connectivity index (χ2n) is 4.97. The maximum Gasteiger partial charge on any atom is 0.262 e. The fourth-order valence-corrected chi connectivity index (χ4v) is 2.22. The minimum atomic E-state index is -0.197. The number of nitrogens with one attached hydrogen (secondary N) is 1. The molecule has 0 fully saturated rings. The van der Waals surface area contributed by atoms with Gasteiger partial charge in [0.2, 0.25) is 0 Å². The fourth-order valence-electron chi connectivity index (χ4n) is 2.22. The molecule has 0 spiro atoms. The van der Waals surface area contributed by atoms with E-state index in [0.717, 1.165) is 22.3 Å². The van der Waals surface area contributed by atoms with E-state index in [1.807, 2.05) is 67.6 Å². The lowest BCUT2D eigenvalue weighted by Gasteiger charge is -2.10. The molecule has 0 aliphatic heterocycles. The predicted octanol–water partition coefficient (Wildman–Crippen LogP) is 3.56. The summed E-state index contributed by atoms with van der Waals surface area (Å²) < 4.78 is 5.44. The van der Waals surface area contributed by atoms with Crippen LogP contribution in [0.15, 0.2) is 60.7 Å². The van der Waals surface area contributed by atoms with Crippen molar-refractivity contribution in [1.29, 1.82) is 0 Å². The van der Waals surface area contributed by atoms with Crippen LogP contribution in [-0.4, -0.2) is 17.5 Å². The van der Waals surface area contributed by atoms with E-state index in [2.05, 4.69) is 10.3 Å². The number of para-hydroxylation sites is 1. The highest BCUT2D eigenvalue weighted by Crippen LogP contribution is 2.22. The van der Waals surface area contributed by atoms with Gasteiger partial charge in [0.05, 0.1) is 11.2 Å². The van der Waals surface area contributed by atoms with Crippen LogP contribution in [0.2, 0.25) is 0 Å². The Balaban J connectivity index is 1.71. The second kappa shape index (κ2) is 6.26. The Morgan fingerprint density at radius 1 is 1.05 bits per heavy atom. The molecule has 4 heteroatoms. The standard InChI is InChI=1S/C18H16N2O2/c1-13-10-11-15-16(19-13)8-5-9-17(15)20-18(21)12-22-14-6-3-2-4-7-14/h2-11H,12H2,1H3,(H,20,21). The van der Waals surface area contributed by atoms with Gasteiger partial charge >= 0.3 is 0 Å². The quantitative estimate of drug-likeness (QED) is 0.800. The van der Waals surface area contributed by atoms with Gasteiger partial charge in [-0.1, -0.05) is 24.3 Å². The molecular formula is C18H16N2O2. The van der Waals surface area contributed by atoms with E-state index in [1.165, 1.54) is 0 Å². The number of carbonyl (C=O) groups is 1. The molecular weight excluding hydrogens is 276 g/mol. The third-order valence-corrected chi connectivity index (χ3v) is 3.26. The molecule has 3 aromatic rings. The highest BCUT2D eigenvalue weighted by molar-refractivity contribution is 6.01. The average molecular weight is 292 g/mol. The summed E-state index contributed by atoms with van der Waals surface area (Å²) in [6.45, 7) is 1.91. The van der Waals surface area contributed by atoms with Crippen molar-refractivity contribution in [2.75, 3.05) is 11.9 Å². The van der Waals surface area contributed by atoms with E-state index in [0.29, 0.717) is 5.75 Å². The zero-order valence-electron chi connectivity index (χ0n) is 12.2. The van der Waals surface area contributed by atoms with E-state index in [-0.39, 0.29) is 12.5 Å². The Labute approximate surface area is 128 Å². The summed E-state index contributed by atoms with van der Waals surface area (Å²) in [5, 5.41) is 3.79. The molecule has 2 aromatic carbocycles. The Kier molecular flexibility index (Phi) is 4.01. The molecule has 0 saturated carbocycles. The molecule has 0 bridgehead atoms. The van der Waals surface area contributed by atoms with Gasteiger partial charge in [-0.3, -0.25) is 9.78 Å². The van der Waals surface area contributed by atoms with Crippen molar-refractivity contribution >= 4 is 22.5 Å². The third kappa shape index (κ3) is 3.23. The number of benzene rings is 2. The summed E-state index contributed by atoms with van der Waals surface area (Å²) in [5.74, 6) is 0.477. The van der Waals surface area contributed by atoms with Crippen molar-refractivity contribution in [3.8, 4) is 5.75 Å². The fraction of sp³-hybridized carbons (Fsp3) is 0.111. The van der Waals surface area contributed by atoms with E-state index in [4.69, 9.17) is 4.74 Å². The molecule has 1 N–H and O–H groups in total. The monoisotopic (exact) mass is 292 g/mol. The molecule has 1 heterocycles. The first-order chi connectivity index (χ1) is 10.7. The Morgan fingerprint density at radius 3 is 2.68 bits per heavy atom. The number of pyridine rings is 1. The average Bonchev–Trinajstić information content (AvgIpc) is 2.54. The number of aromatic nitrogens is 1. The minimum absolute atomic E-state index is 0.0281. The molecule has 0 aliphatic carbocycles. The third-order valence-electron chi connectivity index (χ3n) is 3.26. The lowest BCUT2D eigenvalue weighted by molar-refractivity contribution is -0.118. The summed E-state index contributed by atoms with van der Waals surface area (Å²) in [6.07, 6.45) is 0. The first-order valence-electron chi connectivity index (χ1n) is 7.06. The van der Waals surface area contributed by atoms with Gasteiger partial charge in [-0.2, -0.15) is 0 Å². The number of nitrogens with zero attached hydrogens (tertiary/aromatic N) is 1. The first kappa shape index (κ1) is 14.1. The number of amides is 1. The molecule has 1 aromatic heterocycles. The van der Waals surface area contributed by atoms with Gasteiger partial charge in [0.1, 0.15) is 5.75 Å². The van der Waals surface area contributed by atoms with Crippen molar-refractivity contribution < 1.29 is 9.53 Å². The SMILES string of the molecule is Cc1ccc2c(NC(=O)COc3ccccc3)cccc2n1. The number of hydrogen-bond donors (Lipinski definition) is 1. The predicted molar refractivity (Wildman–Crippen MR) is 87.0 cm³/mol. The van der Waals surface area contributed by atoms with Gasteiger partial charge in [0.25, 0.3) is 5.91 Å². The second-order valence-corrected chi connectivity index (χ2v) is 4.97. The van der Waals surface area contributed by atoms with E-state index >= 15 is 0 Å². The van der Waals surface area contributed by atoms with Crippen molar-refractivity contribution in [3.63, 3.8) is 0 Å². The molecule has 0 atom stereocenters. The van der Waals surface area contributed by atoms with E-state index in [9.17, 15) is 4.79 Å². The molecule has 0 radical (unpaired) electrons. The van der Waals surface area contributed by atoms with Crippen LogP contribution in [0.3, 0.4) is 0 Å². The van der Waals surface area contributed by atoms with E-state index < -0.39 is 0 Å². The summed E-state index contributed by atoms with van der Waals surface area (Å²) in [5.41, 5.74) is 2.55. The number of ether oxygens (including phenoxy) is 1. The number of fused-ring (bicyclic) bond motifs is 1. The van der Waals surface area contributed by atoms with Crippen LogP contribution in [0.5, 0.6) is 5.75 Å². The van der Waals surface area contributed by atoms with Crippen molar-refractivity contribution in [2.45, 2.75) is 6.92 Å². The normalized spacial score (nSPS) is 10.4. The van der Waals surface area contributed by atoms with E-state index in [1.54, 1.807) is 0 Å². The summed E-state index contributed by atoms with van der Waals surface area (Å²) in [6, 6.07) is 18.8. The molecule has 3 rings (SSSR count). The molecule has 110 valence electrons. The minimum Gasteiger partial charge on any atom is -0.484 e. The first-order valence-corrected chi connectivity index (χ1v) is 7.06. The Bertz CT molecular complexity index is 801. The highest BCUT2D eigenvalue weighted by atomic mass is 16.5. The maximum absolute atomic E-state index is 12.0. The lowest BCUT2D eigenvalue weighted by atomic mass is 10.1. The molecule has 22 heavy (non-hydrogen) atoms. The largest absolute Gasteiger partial charge is 0.484 e. The number of anilines is 1. The molecule has 0 unspecified atom stereocenters. The smallest absolute Gasteiger partial charge is 0.262 e. The van der Waals surface area contributed by atoms with Gasteiger partial charge in [0.15, 0.2) is 6.61 Å². The van der Waals surface area contributed by atoms with Gasteiger partial charge in [0, 0.05) is 11.1 Å². The zero-order valence-corrected chi connectivity index (χ0v) is 12.2. The van der Waals surface area contributed by atoms with Gasteiger partial charge in [-0.05, 0) is 43.3 Å². The summed E-state index contributed by atoms with van der Waals surface area (Å²) in [7, 11) is 0. The molecule has 0 saturated heterocycles. The summed E-state index contributed by atoms with van der Waals surface area (Å²) in [4.78, 5) is 16.5. The van der Waals surface area contributed by atoms with Crippen LogP contribution in [-0.2, 0) is 4.79 Å². The summed E-state index contributed by atoms with van der Waals surface area (Å²) >= 11 is 0. The lowest BCUT2D eigenvalue weighted by Crippen LogP contribution is -2.20. The van der Waals surface area contributed by atoms with Crippen LogP contribution < -0.4 is 10.1 Å². The molecule has 4 nitrogen and oxygen atoms in total. The zero-order chi connectivity index (χ0) is 15.4. The number of aryl methyl sites for hydroxylation is 1. The van der Waals surface area contributed by atoms with Crippen LogP contribution in [0, 0.1) is 6.92 Å². The van der Waals surface area contributed by atoms with Gasteiger partial charge in [-0.25, -0.2) is 0 Å². The van der Waals surface area contributed by atoms with Crippen LogP contribution in [0.25, 0.3) is 10.9 Å². The van der Waals surface area contributed by atoms with Crippen molar-refractivity contribution in [2.24, 2.45) is 0 Å². The highest BCUT2D eigenvalue weighted by Gasteiger charge is 2.07. The van der Waals surface area contributed by atoms with Crippen LogP contribution in [0.1, 0.15) is 5.69 Å². The van der Waals surface area contributed by atoms with Gasteiger partial charge < -0.3 is 10.1 Å². The van der Waals surface area contributed by atoms with Crippen LogP contribution in [0.4, 0.5) is 5.69 Å².